The zero-order valence-electron chi connectivity index (χ0n) is 12.5. The van der Waals surface area contributed by atoms with Gasteiger partial charge in [0.2, 0.25) is 11.2 Å². The fraction of sp³-hybridized carbons (Fsp3) is 0.0625. The third-order valence-corrected chi connectivity index (χ3v) is 4.14. The minimum atomic E-state index is -0.483. The number of aromatic amines is 2. The van der Waals surface area contributed by atoms with E-state index in [4.69, 9.17) is 4.42 Å². The molecule has 4 aromatic heterocycles. The number of pyridine rings is 1. The summed E-state index contributed by atoms with van der Waals surface area (Å²) in [6.07, 6.45) is 5.39. The number of aromatic hydroxyl groups is 1. The van der Waals surface area contributed by atoms with Crippen LogP contribution >= 0.6 is 0 Å². The third kappa shape index (κ3) is 1.54. The highest BCUT2D eigenvalue weighted by Crippen LogP contribution is 2.39. The van der Waals surface area contributed by atoms with Crippen LogP contribution in [0.5, 0.6) is 5.75 Å². The summed E-state index contributed by atoms with van der Waals surface area (Å²) in [4.78, 5) is 16.3. The van der Waals surface area contributed by atoms with Crippen molar-refractivity contribution in [2.45, 2.75) is 0 Å². The first-order valence-electron chi connectivity index (χ1n) is 7.26. The molecule has 0 spiro atoms. The zero-order chi connectivity index (χ0) is 16.4. The molecule has 0 aliphatic carbocycles. The van der Waals surface area contributed by atoms with E-state index in [0.717, 1.165) is 16.5 Å². The van der Waals surface area contributed by atoms with Crippen molar-refractivity contribution in [2.75, 3.05) is 0 Å². The van der Waals surface area contributed by atoms with E-state index >= 15 is 0 Å². The highest BCUT2D eigenvalue weighted by atomic mass is 16.4. The van der Waals surface area contributed by atoms with Crippen LogP contribution in [0.25, 0.3) is 44.2 Å². The van der Waals surface area contributed by atoms with E-state index in [-0.39, 0.29) is 5.58 Å². The van der Waals surface area contributed by atoms with Gasteiger partial charge in [0, 0.05) is 36.0 Å². The highest BCUT2D eigenvalue weighted by molar-refractivity contribution is 6.14. The Hall–Kier alpha value is -3.55. The molecular formula is C16H11N5O3. The number of H-pyrrole nitrogens is 2. The van der Waals surface area contributed by atoms with Gasteiger partial charge in [-0.25, -0.2) is 4.98 Å². The number of nitrogens with zero attached hydrogens (tertiary/aromatic N) is 3. The molecule has 24 heavy (non-hydrogen) atoms. The quantitative estimate of drug-likeness (QED) is 0.438. The van der Waals surface area contributed by atoms with Crippen LogP contribution in [0.2, 0.25) is 0 Å². The smallest absolute Gasteiger partial charge is 0.224 e. The van der Waals surface area contributed by atoms with Gasteiger partial charge >= 0.3 is 0 Å². The second-order valence-corrected chi connectivity index (χ2v) is 5.63. The lowest BCUT2D eigenvalue weighted by Crippen LogP contribution is -1.95. The first-order valence-corrected chi connectivity index (χ1v) is 7.26. The summed E-state index contributed by atoms with van der Waals surface area (Å²) in [6, 6.07) is 2.92. The SMILES string of the molecule is Cn1cc(-c2c3c[nH][nH]c3nc3c2oc2c(O)c(=O)ccc23)cn1. The summed E-state index contributed by atoms with van der Waals surface area (Å²) in [5.74, 6) is -0.405. The van der Waals surface area contributed by atoms with E-state index in [1.807, 2.05) is 13.2 Å². The first kappa shape index (κ1) is 12.9. The lowest BCUT2D eigenvalue weighted by atomic mass is 10.1. The maximum absolute atomic E-state index is 11.7. The van der Waals surface area contributed by atoms with Crippen LogP contribution < -0.4 is 5.43 Å². The topological polar surface area (TPSA) is 113 Å². The molecule has 5 rings (SSSR count). The number of aromatic nitrogens is 5. The Kier molecular flexibility index (Phi) is 2.29. The van der Waals surface area contributed by atoms with Crippen LogP contribution in [0.15, 0.2) is 39.9 Å². The largest absolute Gasteiger partial charge is 0.502 e. The Balaban J connectivity index is 2.05. The van der Waals surface area contributed by atoms with Crippen molar-refractivity contribution in [1.29, 1.82) is 0 Å². The summed E-state index contributed by atoms with van der Waals surface area (Å²) in [6.45, 7) is 0. The lowest BCUT2D eigenvalue weighted by molar-refractivity contribution is 0.464. The molecule has 0 aliphatic rings. The molecule has 0 aliphatic heterocycles. The predicted octanol–water partition coefficient (Wildman–Crippen LogP) is 2.26. The maximum Gasteiger partial charge on any atom is 0.224 e. The molecule has 0 fully saturated rings. The number of fused-ring (bicyclic) bond motifs is 4. The number of benzene rings is 1. The molecule has 118 valence electrons. The van der Waals surface area contributed by atoms with Crippen molar-refractivity contribution in [3.63, 3.8) is 0 Å². The van der Waals surface area contributed by atoms with Crippen LogP contribution in [0.1, 0.15) is 0 Å². The van der Waals surface area contributed by atoms with E-state index in [1.165, 1.54) is 6.07 Å². The first-order chi connectivity index (χ1) is 11.6. The van der Waals surface area contributed by atoms with Crippen LogP contribution in [0.3, 0.4) is 0 Å². The molecule has 0 atom stereocenters. The molecule has 4 heterocycles. The minimum Gasteiger partial charge on any atom is -0.502 e. The van der Waals surface area contributed by atoms with E-state index in [2.05, 4.69) is 20.3 Å². The number of furan rings is 1. The number of phenols is 1. The molecule has 0 saturated carbocycles. The van der Waals surface area contributed by atoms with Gasteiger partial charge in [-0.15, -0.1) is 0 Å². The molecule has 0 bridgehead atoms. The summed E-state index contributed by atoms with van der Waals surface area (Å²) < 4.78 is 7.55. The molecular weight excluding hydrogens is 310 g/mol. The Labute approximate surface area is 133 Å². The molecule has 0 saturated heterocycles. The molecule has 3 N–H and O–H groups in total. The van der Waals surface area contributed by atoms with Gasteiger partial charge in [-0.2, -0.15) is 5.10 Å². The number of nitrogens with one attached hydrogen (secondary N) is 2. The summed E-state index contributed by atoms with van der Waals surface area (Å²) in [5, 5.41) is 21.6. The van der Waals surface area contributed by atoms with Crippen LogP contribution in [-0.2, 0) is 7.05 Å². The van der Waals surface area contributed by atoms with Crippen molar-refractivity contribution in [1.82, 2.24) is 25.0 Å². The molecule has 1 aromatic carbocycles. The van der Waals surface area contributed by atoms with E-state index in [1.54, 1.807) is 23.1 Å². The van der Waals surface area contributed by atoms with Gasteiger partial charge < -0.3 is 14.6 Å². The minimum absolute atomic E-state index is 0.145. The zero-order valence-corrected chi connectivity index (χ0v) is 12.5. The highest BCUT2D eigenvalue weighted by Gasteiger charge is 2.21. The second-order valence-electron chi connectivity index (χ2n) is 5.63. The summed E-state index contributed by atoms with van der Waals surface area (Å²) in [5.41, 5.74) is 3.03. The molecule has 5 aromatic rings. The standard InChI is InChI=1S/C16H11N5O3/c1-21-6-7(4-18-21)11-9-5-17-20-16(9)19-12-8-2-3-10(22)13(23)14(8)24-15(11)12/h2-6,23H,1H3,(H2,17,19,20). The summed E-state index contributed by atoms with van der Waals surface area (Å²) in [7, 11) is 1.83. The van der Waals surface area contributed by atoms with Gasteiger partial charge in [0.15, 0.2) is 16.8 Å². The molecule has 0 radical (unpaired) electrons. The van der Waals surface area contributed by atoms with Crippen molar-refractivity contribution in [3.8, 4) is 16.9 Å². The third-order valence-electron chi connectivity index (χ3n) is 4.14. The van der Waals surface area contributed by atoms with E-state index in [9.17, 15) is 9.90 Å². The Morgan fingerprint density at radius 1 is 1.25 bits per heavy atom. The fourth-order valence-electron chi connectivity index (χ4n) is 3.06. The van der Waals surface area contributed by atoms with Crippen LogP contribution in [-0.4, -0.2) is 30.1 Å². The number of hydrogen-bond acceptors (Lipinski definition) is 5. The average molecular weight is 321 g/mol. The Bertz CT molecular complexity index is 1300. The van der Waals surface area contributed by atoms with Crippen molar-refractivity contribution >= 4 is 33.1 Å². The van der Waals surface area contributed by atoms with Crippen LogP contribution in [0.4, 0.5) is 0 Å². The number of hydrogen-bond donors (Lipinski definition) is 3. The monoisotopic (exact) mass is 321 g/mol. The number of phenolic OH excluding ortho intramolecular Hbond substituents is 1. The molecule has 0 unspecified atom stereocenters. The van der Waals surface area contributed by atoms with Crippen molar-refractivity contribution < 1.29 is 9.52 Å². The number of aryl methyl sites for hydroxylation is 1. The van der Waals surface area contributed by atoms with Crippen molar-refractivity contribution in [2.24, 2.45) is 7.05 Å². The Morgan fingerprint density at radius 3 is 2.92 bits per heavy atom. The van der Waals surface area contributed by atoms with Gasteiger partial charge in [-0.1, -0.05) is 0 Å². The Morgan fingerprint density at radius 2 is 2.12 bits per heavy atom. The number of rotatable bonds is 1. The van der Waals surface area contributed by atoms with E-state index in [0.29, 0.717) is 22.1 Å². The van der Waals surface area contributed by atoms with Gasteiger partial charge in [0.05, 0.1) is 11.6 Å². The van der Waals surface area contributed by atoms with Crippen molar-refractivity contribution in [3.05, 3.63) is 40.9 Å². The fourth-order valence-corrected chi connectivity index (χ4v) is 3.06. The molecule has 0 amide bonds. The van der Waals surface area contributed by atoms with Gasteiger partial charge in [0.25, 0.3) is 0 Å². The predicted molar refractivity (Wildman–Crippen MR) is 87.9 cm³/mol. The average Bonchev–Trinajstić information content (AvgIpc) is 3.27. The van der Waals surface area contributed by atoms with E-state index < -0.39 is 11.2 Å². The van der Waals surface area contributed by atoms with Crippen LogP contribution in [0, 0.1) is 0 Å². The van der Waals surface area contributed by atoms with Gasteiger partial charge in [-0.05, 0) is 12.1 Å². The maximum atomic E-state index is 11.7. The second kappa shape index (κ2) is 4.25. The van der Waals surface area contributed by atoms with Gasteiger partial charge in [-0.3, -0.25) is 14.6 Å². The molecule has 8 heteroatoms. The molecule has 8 nitrogen and oxygen atoms in total. The normalized spacial score (nSPS) is 11.9. The summed E-state index contributed by atoms with van der Waals surface area (Å²) >= 11 is 0. The van der Waals surface area contributed by atoms with Gasteiger partial charge in [0.1, 0.15) is 5.52 Å². The lowest BCUT2D eigenvalue weighted by Gasteiger charge is -2.01.